The average molecular weight is 188 g/mol. The van der Waals surface area contributed by atoms with Gasteiger partial charge in [0.1, 0.15) is 12.4 Å². The molecule has 0 fully saturated rings. The molecule has 0 radical (unpaired) electrons. The summed E-state index contributed by atoms with van der Waals surface area (Å²) in [4.78, 5) is 21.4. The van der Waals surface area contributed by atoms with Crippen molar-refractivity contribution in [3.05, 3.63) is 0 Å². The minimum Gasteiger partial charge on any atom is -0.463 e. The summed E-state index contributed by atoms with van der Waals surface area (Å²) in [6, 6.07) is 0. The molecule has 0 spiro atoms. The van der Waals surface area contributed by atoms with Gasteiger partial charge >= 0.3 is 5.97 Å². The third-order valence-electron chi connectivity index (χ3n) is 1.56. The number of hydrogen-bond acceptors (Lipinski definition) is 4. The molecule has 0 heterocycles. The number of rotatable bonds is 6. The molecule has 13 heavy (non-hydrogen) atoms. The van der Waals surface area contributed by atoms with Crippen LogP contribution in [0.25, 0.3) is 0 Å². The molecule has 1 atom stereocenters. The van der Waals surface area contributed by atoms with Gasteiger partial charge in [0.25, 0.3) is 0 Å². The summed E-state index contributed by atoms with van der Waals surface area (Å²) >= 11 is 0. The molecular weight excluding hydrogens is 172 g/mol. The molecule has 1 unspecified atom stereocenters. The van der Waals surface area contributed by atoms with Gasteiger partial charge in [-0.1, -0.05) is 0 Å². The van der Waals surface area contributed by atoms with Gasteiger partial charge in [0.2, 0.25) is 0 Å². The third-order valence-corrected chi connectivity index (χ3v) is 1.56. The van der Waals surface area contributed by atoms with Gasteiger partial charge in [-0.05, 0) is 13.8 Å². The van der Waals surface area contributed by atoms with Crippen LogP contribution in [-0.4, -0.2) is 31.6 Å². The summed E-state index contributed by atoms with van der Waals surface area (Å²) in [6.07, 6.45) is 0.313. The Morgan fingerprint density at radius 1 is 1.31 bits per heavy atom. The lowest BCUT2D eigenvalue weighted by Crippen LogP contribution is -2.17. The SMILES string of the molecule is COC(C)COC(=O)CCC(C)=O. The van der Waals surface area contributed by atoms with Crippen molar-refractivity contribution in [3.63, 3.8) is 0 Å². The standard InChI is InChI=1S/C9H16O4/c1-7(10)4-5-9(11)13-6-8(2)12-3/h8H,4-6H2,1-3H3. The number of hydrogen-bond donors (Lipinski definition) is 0. The predicted octanol–water partition coefficient (Wildman–Crippen LogP) is 0.934. The van der Waals surface area contributed by atoms with E-state index in [0.717, 1.165) is 0 Å². The number of methoxy groups -OCH3 is 1. The molecule has 0 aliphatic carbocycles. The first-order valence-electron chi connectivity index (χ1n) is 4.24. The lowest BCUT2D eigenvalue weighted by molar-refractivity contribution is -0.147. The molecule has 0 N–H and O–H groups in total. The van der Waals surface area contributed by atoms with Gasteiger partial charge in [-0.25, -0.2) is 0 Å². The Morgan fingerprint density at radius 3 is 2.38 bits per heavy atom. The van der Waals surface area contributed by atoms with Crippen molar-refractivity contribution >= 4 is 11.8 Å². The molecule has 0 aromatic rings. The highest BCUT2D eigenvalue weighted by molar-refractivity contribution is 5.80. The molecular formula is C9H16O4. The summed E-state index contributed by atoms with van der Waals surface area (Å²) in [5.74, 6) is -0.351. The van der Waals surface area contributed by atoms with Gasteiger partial charge in [-0.3, -0.25) is 4.79 Å². The van der Waals surface area contributed by atoms with Crippen LogP contribution in [0, 0.1) is 0 Å². The second kappa shape index (κ2) is 6.60. The van der Waals surface area contributed by atoms with Gasteiger partial charge in [-0.2, -0.15) is 0 Å². The minimum atomic E-state index is -0.348. The van der Waals surface area contributed by atoms with E-state index in [0.29, 0.717) is 0 Å². The van der Waals surface area contributed by atoms with E-state index < -0.39 is 0 Å². The van der Waals surface area contributed by atoms with Crippen molar-refractivity contribution in [2.45, 2.75) is 32.8 Å². The molecule has 0 aliphatic heterocycles. The van der Waals surface area contributed by atoms with Gasteiger partial charge < -0.3 is 14.3 Å². The van der Waals surface area contributed by atoms with Crippen LogP contribution in [-0.2, 0) is 19.1 Å². The van der Waals surface area contributed by atoms with Crippen LogP contribution in [0.1, 0.15) is 26.7 Å². The number of ether oxygens (including phenoxy) is 2. The smallest absolute Gasteiger partial charge is 0.306 e. The lowest BCUT2D eigenvalue weighted by atomic mass is 10.2. The average Bonchev–Trinajstić information content (AvgIpc) is 2.10. The molecule has 76 valence electrons. The van der Waals surface area contributed by atoms with Crippen LogP contribution in [0.2, 0.25) is 0 Å². The topological polar surface area (TPSA) is 52.6 Å². The Kier molecular flexibility index (Phi) is 6.14. The molecule has 4 heteroatoms. The van der Waals surface area contributed by atoms with Gasteiger partial charge in [0.15, 0.2) is 0 Å². The molecule has 0 bridgehead atoms. The third kappa shape index (κ3) is 7.46. The van der Waals surface area contributed by atoms with Gasteiger partial charge in [0.05, 0.1) is 12.5 Å². The predicted molar refractivity (Wildman–Crippen MR) is 47.3 cm³/mol. The van der Waals surface area contributed by atoms with Crippen LogP contribution in [0.3, 0.4) is 0 Å². The van der Waals surface area contributed by atoms with Crippen molar-refractivity contribution in [2.24, 2.45) is 0 Å². The zero-order valence-corrected chi connectivity index (χ0v) is 8.33. The van der Waals surface area contributed by atoms with E-state index >= 15 is 0 Å². The molecule has 0 saturated heterocycles. The molecule has 0 aromatic heterocycles. The van der Waals surface area contributed by atoms with Crippen molar-refractivity contribution in [1.29, 1.82) is 0 Å². The highest BCUT2D eigenvalue weighted by Crippen LogP contribution is 1.96. The van der Waals surface area contributed by atoms with Crippen molar-refractivity contribution < 1.29 is 19.1 Å². The Bertz CT molecular complexity index is 176. The number of esters is 1. The highest BCUT2D eigenvalue weighted by atomic mass is 16.6. The number of carbonyl (C=O) groups is 2. The minimum absolute atomic E-state index is 0.00302. The maximum atomic E-state index is 10.9. The quantitative estimate of drug-likeness (QED) is 0.582. The van der Waals surface area contributed by atoms with Crippen LogP contribution in [0.15, 0.2) is 0 Å². The zero-order chi connectivity index (χ0) is 10.3. The van der Waals surface area contributed by atoms with Crippen molar-refractivity contribution in [1.82, 2.24) is 0 Å². The second-order valence-corrected chi connectivity index (χ2v) is 2.93. The van der Waals surface area contributed by atoms with Crippen LogP contribution >= 0.6 is 0 Å². The maximum absolute atomic E-state index is 10.9. The number of Topliss-reactive ketones (excluding diaryl/α,β-unsaturated/α-hetero) is 1. The van der Waals surface area contributed by atoms with E-state index in [4.69, 9.17) is 9.47 Å². The van der Waals surface area contributed by atoms with E-state index in [-0.39, 0.29) is 37.3 Å². The molecule has 0 aromatic carbocycles. The summed E-state index contributed by atoms with van der Waals surface area (Å²) in [7, 11) is 1.55. The number of carbonyl (C=O) groups excluding carboxylic acids is 2. The zero-order valence-electron chi connectivity index (χ0n) is 8.33. The van der Waals surface area contributed by atoms with E-state index in [9.17, 15) is 9.59 Å². The largest absolute Gasteiger partial charge is 0.463 e. The Morgan fingerprint density at radius 2 is 1.92 bits per heavy atom. The normalized spacial score (nSPS) is 12.2. The fourth-order valence-corrected chi connectivity index (χ4v) is 0.629. The molecule has 0 amide bonds. The van der Waals surface area contributed by atoms with Crippen LogP contribution in [0.5, 0.6) is 0 Å². The molecule has 0 rings (SSSR count). The summed E-state index contributed by atoms with van der Waals surface area (Å²) in [5, 5.41) is 0. The summed E-state index contributed by atoms with van der Waals surface area (Å²) in [6.45, 7) is 3.50. The van der Waals surface area contributed by atoms with Crippen molar-refractivity contribution in [3.8, 4) is 0 Å². The van der Waals surface area contributed by atoms with Gasteiger partial charge in [-0.15, -0.1) is 0 Å². The Hall–Kier alpha value is -0.900. The Labute approximate surface area is 78.2 Å². The van der Waals surface area contributed by atoms with Crippen molar-refractivity contribution in [2.75, 3.05) is 13.7 Å². The molecule has 4 nitrogen and oxygen atoms in total. The molecule has 0 aliphatic rings. The number of ketones is 1. The first-order valence-corrected chi connectivity index (χ1v) is 4.24. The summed E-state index contributed by atoms with van der Waals surface area (Å²) in [5.41, 5.74) is 0. The summed E-state index contributed by atoms with van der Waals surface area (Å²) < 4.78 is 9.71. The fourth-order valence-electron chi connectivity index (χ4n) is 0.629. The van der Waals surface area contributed by atoms with E-state index in [1.807, 2.05) is 0 Å². The maximum Gasteiger partial charge on any atom is 0.306 e. The van der Waals surface area contributed by atoms with E-state index in [2.05, 4.69) is 0 Å². The van der Waals surface area contributed by atoms with Crippen LogP contribution in [0.4, 0.5) is 0 Å². The monoisotopic (exact) mass is 188 g/mol. The van der Waals surface area contributed by atoms with Gasteiger partial charge in [0, 0.05) is 13.5 Å². The van der Waals surface area contributed by atoms with E-state index in [1.165, 1.54) is 6.92 Å². The first kappa shape index (κ1) is 12.1. The molecule has 0 saturated carbocycles. The van der Waals surface area contributed by atoms with E-state index in [1.54, 1.807) is 14.0 Å². The Balaban J connectivity index is 3.46. The fraction of sp³-hybridized carbons (Fsp3) is 0.778. The van der Waals surface area contributed by atoms with Crippen LogP contribution < -0.4 is 0 Å². The second-order valence-electron chi connectivity index (χ2n) is 2.93. The first-order chi connectivity index (χ1) is 6.06. The lowest BCUT2D eigenvalue weighted by Gasteiger charge is -2.09. The highest BCUT2D eigenvalue weighted by Gasteiger charge is 2.07.